The summed E-state index contributed by atoms with van der Waals surface area (Å²) in [6, 6.07) is 7.62. The first kappa shape index (κ1) is 14.9. The van der Waals surface area contributed by atoms with Crippen LogP contribution in [0.25, 0.3) is 0 Å². The predicted octanol–water partition coefficient (Wildman–Crippen LogP) is 2.38. The van der Waals surface area contributed by atoms with Crippen molar-refractivity contribution in [2.45, 2.75) is 44.3 Å². The lowest BCUT2D eigenvalue weighted by Crippen LogP contribution is -2.44. The third-order valence-electron chi connectivity index (χ3n) is 4.95. The van der Waals surface area contributed by atoms with Crippen LogP contribution >= 0.6 is 0 Å². The van der Waals surface area contributed by atoms with Crippen LogP contribution in [0.4, 0.5) is 4.39 Å². The molecule has 0 radical (unpaired) electrons. The van der Waals surface area contributed by atoms with E-state index >= 15 is 0 Å². The Morgan fingerprint density at radius 3 is 2.71 bits per heavy atom. The van der Waals surface area contributed by atoms with Gasteiger partial charge in [0, 0.05) is 30.7 Å². The van der Waals surface area contributed by atoms with Crippen LogP contribution in [0.2, 0.25) is 0 Å². The minimum atomic E-state index is -0.132. The van der Waals surface area contributed by atoms with Gasteiger partial charge in [0.2, 0.25) is 0 Å². The number of hydrogen-bond donors (Lipinski definition) is 1. The predicted molar refractivity (Wildman–Crippen MR) is 83.6 cm³/mol. The molecule has 0 spiro atoms. The van der Waals surface area contributed by atoms with Gasteiger partial charge in [-0.2, -0.15) is 0 Å². The molecule has 3 rings (SSSR count). The first-order valence-corrected chi connectivity index (χ1v) is 8.15. The van der Waals surface area contributed by atoms with E-state index in [1.807, 2.05) is 19.1 Å². The van der Waals surface area contributed by atoms with Crippen molar-refractivity contribution in [3.63, 3.8) is 0 Å². The molecule has 4 heteroatoms. The van der Waals surface area contributed by atoms with Gasteiger partial charge in [0.15, 0.2) is 0 Å². The van der Waals surface area contributed by atoms with Gasteiger partial charge in [-0.25, -0.2) is 4.39 Å². The highest BCUT2D eigenvalue weighted by atomic mass is 19.1. The minimum Gasteiger partial charge on any atom is -0.326 e. The zero-order chi connectivity index (χ0) is 14.8. The van der Waals surface area contributed by atoms with E-state index in [0.717, 1.165) is 25.1 Å². The van der Waals surface area contributed by atoms with Crippen LogP contribution in [-0.4, -0.2) is 48.1 Å². The fraction of sp³-hybridized carbons (Fsp3) is 0.647. The standard InChI is InChI=1S/C17H26FN3/c1-13(19)17(15-7-2-3-8-16(15)18)21-11-5-10-20-9-4-6-14(20)12-21/h2-3,7-8,13-14,17H,4-6,9-12,19H2,1H3. The molecule has 3 atom stereocenters. The molecular weight excluding hydrogens is 265 g/mol. The van der Waals surface area contributed by atoms with Crippen molar-refractivity contribution in [3.8, 4) is 0 Å². The van der Waals surface area contributed by atoms with Crippen molar-refractivity contribution >= 4 is 0 Å². The molecule has 1 aromatic carbocycles. The Morgan fingerprint density at radius 2 is 1.95 bits per heavy atom. The summed E-state index contributed by atoms with van der Waals surface area (Å²) in [4.78, 5) is 5.01. The maximum Gasteiger partial charge on any atom is 0.128 e. The van der Waals surface area contributed by atoms with E-state index < -0.39 is 0 Å². The minimum absolute atomic E-state index is 0.0215. The summed E-state index contributed by atoms with van der Waals surface area (Å²) in [5.74, 6) is -0.132. The molecule has 2 saturated heterocycles. The zero-order valence-electron chi connectivity index (χ0n) is 12.8. The van der Waals surface area contributed by atoms with Crippen molar-refractivity contribution in [2.24, 2.45) is 5.73 Å². The molecular formula is C17H26FN3. The topological polar surface area (TPSA) is 32.5 Å². The van der Waals surface area contributed by atoms with E-state index in [1.54, 1.807) is 12.1 Å². The highest BCUT2D eigenvalue weighted by Crippen LogP contribution is 2.30. The van der Waals surface area contributed by atoms with Crippen LogP contribution in [0.1, 0.15) is 37.8 Å². The van der Waals surface area contributed by atoms with E-state index in [-0.39, 0.29) is 17.9 Å². The van der Waals surface area contributed by atoms with Crippen molar-refractivity contribution in [2.75, 3.05) is 26.2 Å². The Morgan fingerprint density at radius 1 is 1.19 bits per heavy atom. The number of halogens is 1. The lowest BCUT2D eigenvalue weighted by Gasteiger charge is -2.35. The fourth-order valence-electron chi connectivity index (χ4n) is 4.02. The number of nitrogens with two attached hydrogens (primary N) is 1. The highest BCUT2D eigenvalue weighted by molar-refractivity contribution is 5.23. The largest absolute Gasteiger partial charge is 0.326 e. The number of hydrogen-bond acceptors (Lipinski definition) is 3. The Balaban J connectivity index is 1.85. The van der Waals surface area contributed by atoms with Crippen molar-refractivity contribution in [1.82, 2.24) is 9.80 Å². The summed E-state index contributed by atoms with van der Waals surface area (Å²) in [5.41, 5.74) is 6.98. The first-order chi connectivity index (χ1) is 10.2. The summed E-state index contributed by atoms with van der Waals surface area (Å²) in [5, 5.41) is 0. The Hall–Kier alpha value is -0.970. The van der Waals surface area contributed by atoms with Gasteiger partial charge in [0.05, 0.1) is 6.04 Å². The molecule has 3 nitrogen and oxygen atoms in total. The van der Waals surface area contributed by atoms with Crippen molar-refractivity contribution < 1.29 is 4.39 Å². The summed E-state index contributed by atoms with van der Waals surface area (Å²) in [7, 11) is 0. The molecule has 21 heavy (non-hydrogen) atoms. The molecule has 2 aliphatic heterocycles. The van der Waals surface area contributed by atoms with Gasteiger partial charge in [0.25, 0.3) is 0 Å². The number of benzene rings is 1. The van der Waals surface area contributed by atoms with E-state index in [4.69, 9.17) is 5.73 Å². The second kappa shape index (κ2) is 6.42. The number of nitrogens with zero attached hydrogens (tertiary/aromatic N) is 2. The van der Waals surface area contributed by atoms with Gasteiger partial charge in [-0.1, -0.05) is 18.2 Å². The van der Waals surface area contributed by atoms with E-state index in [1.165, 1.54) is 25.9 Å². The van der Waals surface area contributed by atoms with E-state index in [0.29, 0.717) is 6.04 Å². The Bertz CT molecular complexity index is 477. The van der Waals surface area contributed by atoms with Crippen LogP contribution in [0.15, 0.2) is 24.3 Å². The van der Waals surface area contributed by atoms with Gasteiger partial charge in [-0.05, 0) is 45.3 Å². The smallest absolute Gasteiger partial charge is 0.128 e. The summed E-state index contributed by atoms with van der Waals surface area (Å²) < 4.78 is 14.2. The zero-order valence-corrected chi connectivity index (χ0v) is 12.8. The van der Waals surface area contributed by atoms with Gasteiger partial charge in [-0.3, -0.25) is 9.80 Å². The van der Waals surface area contributed by atoms with E-state index in [9.17, 15) is 4.39 Å². The fourth-order valence-corrected chi connectivity index (χ4v) is 4.02. The SMILES string of the molecule is CC(N)C(c1ccccc1F)N1CCCN2CCCC2C1. The summed E-state index contributed by atoms with van der Waals surface area (Å²) in [6.45, 7) is 6.41. The van der Waals surface area contributed by atoms with Crippen LogP contribution in [0.5, 0.6) is 0 Å². The summed E-state index contributed by atoms with van der Waals surface area (Å²) in [6.07, 6.45) is 3.70. The summed E-state index contributed by atoms with van der Waals surface area (Å²) >= 11 is 0. The lowest BCUT2D eigenvalue weighted by molar-refractivity contribution is 0.154. The molecule has 0 aromatic heterocycles. The molecule has 0 amide bonds. The van der Waals surface area contributed by atoms with Gasteiger partial charge < -0.3 is 5.73 Å². The molecule has 2 fully saturated rings. The third kappa shape index (κ3) is 3.12. The van der Waals surface area contributed by atoms with E-state index in [2.05, 4.69) is 9.80 Å². The quantitative estimate of drug-likeness (QED) is 0.928. The average Bonchev–Trinajstić information content (AvgIpc) is 2.79. The molecule has 116 valence electrons. The first-order valence-electron chi connectivity index (χ1n) is 8.15. The van der Waals surface area contributed by atoms with Crippen molar-refractivity contribution in [3.05, 3.63) is 35.6 Å². The molecule has 2 aliphatic rings. The van der Waals surface area contributed by atoms with Gasteiger partial charge in [0.1, 0.15) is 5.82 Å². The molecule has 2 heterocycles. The maximum atomic E-state index is 14.2. The Labute approximate surface area is 126 Å². The van der Waals surface area contributed by atoms with Gasteiger partial charge in [-0.15, -0.1) is 0 Å². The maximum absolute atomic E-state index is 14.2. The molecule has 0 saturated carbocycles. The Kier molecular flexibility index (Phi) is 4.57. The monoisotopic (exact) mass is 291 g/mol. The second-order valence-electron chi connectivity index (χ2n) is 6.51. The van der Waals surface area contributed by atoms with Crippen molar-refractivity contribution in [1.29, 1.82) is 0 Å². The van der Waals surface area contributed by atoms with Crippen LogP contribution in [0.3, 0.4) is 0 Å². The third-order valence-corrected chi connectivity index (χ3v) is 4.95. The van der Waals surface area contributed by atoms with Crippen LogP contribution in [0, 0.1) is 5.82 Å². The normalized spacial score (nSPS) is 27.1. The van der Waals surface area contributed by atoms with Crippen LogP contribution < -0.4 is 5.73 Å². The second-order valence-corrected chi connectivity index (χ2v) is 6.51. The molecule has 1 aromatic rings. The number of rotatable bonds is 3. The molecule has 0 aliphatic carbocycles. The molecule has 2 N–H and O–H groups in total. The average molecular weight is 291 g/mol. The lowest BCUT2D eigenvalue weighted by atomic mass is 9.97. The van der Waals surface area contributed by atoms with Crippen LogP contribution in [-0.2, 0) is 0 Å². The van der Waals surface area contributed by atoms with Gasteiger partial charge >= 0.3 is 0 Å². The number of fused-ring (bicyclic) bond motifs is 1. The molecule has 0 bridgehead atoms. The highest BCUT2D eigenvalue weighted by Gasteiger charge is 2.34. The molecule has 3 unspecified atom stereocenters.